The van der Waals surface area contributed by atoms with Gasteiger partial charge in [0.05, 0.1) is 11.9 Å². The van der Waals surface area contributed by atoms with Crippen molar-refractivity contribution < 1.29 is 4.79 Å². The number of hydrazone groups is 1. The first-order chi connectivity index (χ1) is 15.0. The molecule has 0 unspecified atom stereocenters. The quantitative estimate of drug-likeness (QED) is 0.385. The third-order valence-electron chi connectivity index (χ3n) is 5.12. The molecule has 0 aliphatic heterocycles. The van der Waals surface area contributed by atoms with Gasteiger partial charge in [-0.3, -0.25) is 9.89 Å². The van der Waals surface area contributed by atoms with Crippen LogP contribution in [0.25, 0.3) is 11.3 Å². The van der Waals surface area contributed by atoms with Crippen LogP contribution in [0.3, 0.4) is 0 Å². The minimum absolute atomic E-state index is 0.328. The highest BCUT2D eigenvalue weighted by atomic mass is 16.2. The lowest BCUT2D eigenvalue weighted by Crippen LogP contribution is -2.21. The molecular formula is C25H31N5O. The van der Waals surface area contributed by atoms with E-state index in [4.69, 9.17) is 0 Å². The van der Waals surface area contributed by atoms with Gasteiger partial charge in [0.1, 0.15) is 5.69 Å². The Bertz CT molecular complexity index is 999. The number of H-pyrrole nitrogens is 1. The molecule has 31 heavy (non-hydrogen) atoms. The molecule has 0 saturated carbocycles. The average molecular weight is 418 g/mol. The van der Waals surface area contributed by atoms with Gasteiger partial charge in [-0.05, 0) is 55.5 Å². The Morgan fingerprint density at radius 2 is 1.77 bits per heavy atom. The van der Waals surface area contributed by atoms with Crippen molar-refractivity contribution in [3.63, 3.8) is 0 Å². The summed E-state index contributed by atoms with van der Waals surface area (Å²) < 4.78 is 0. The Labute approximate surface area is 184 Å². The molecule has 2 aromatic carbocycles. The number of rotatable bonds is 9. The number of nitrogens with one attached hydrogen (secondary N) is 2. The Kier molecular flexibility index (Phi) is 7.60. The molecule has 162 valence electrons. The fourth-order valence-corrected chi connectivity index (χ4v) is 3.45. The zero-order chi connectivity index (χ0) is 22.2. The summed E-state index contributed by atoms with van der Waals surface area (Å²) >= 11 is 0. The normalized spacial score (nSPS) is 11.3. The second-order valence-corrected chi connectivity index (χ2v) is 7.92. The van der Waals surface area contributed by atoms with Gasteiger partial charge in [0.25, 0.3) is 5.91 Å². The van der Waals surface area contributed by atoms with Gasteiger partial charge in [-0.2, -0.15) is 10.2 Å². The predicted octanol–water partition coefficient (Wildman–Crippen LogP) is 4.89. The number of benzene rings is 2. The van der Waals surface area contributed by atoms with Crippen molar-refractivity contribution in [2.45, 2.75) is 34.1 Å². The van der Waals surface area contributed by atoms with Crippen LogP contribution in [0.5, 0.6) is 0 Å². The van der Waals surface area contributed by atoms with E-state index in [9.17, 15) is 4.79 Å². The van der Waals surface area contributed by atoms with Crippen molar-refractivity contribution in [1.29, 1.82) is 0 Å². The van der Waals surface area contributed by atoms with Crippen LogP contribution in [-0.4, -0.2) is 35.4 Å². The highest BCUT2D eigenvalue weighted by Crippen LogP contribution is 2.19. The van der Waals surface area contributed by atoms with Crippen LogP contribution < -0.4 is 10.3 Å². The van der Waals surface area contributed by atoms with Crippen LogP contribution in [-0.2, 0) is 6.42 Å². The largest absolute Gasteiger partial charge is 0.372 e. The molecule has 2 N–H and O–H groups in total. The molecule has 0 saturated heterocycles. The molecule has 3 aromatic rings. The van der Waals surface area contributed by atoms with Crippen molar-refractivity contribution in [1.82, 2.24) is 15.6 Å². The molecule has 6 heteroatoms. The van der Waals surface area contributed by atoms with Crippen molar-refractivity contribution in [3.05, 3.63) is 71.4 Å². The molecule has 1 heterocycles. The summed E-state index contributed by atoms with van der Waals surface area (Å²) in [5, 5.41) is 11.1. The average Bonchev–Trinajstić information content (AvgIpc) is 3.26. The first kappa shape index (κ1) is 22.3. The number of hydrogen-bond acceptors (Lipinski definition) is 4. The fourth-order valence-electron chi connectivity index (χ4n) is 3.45. The molecule has 0 bridgehead atoms. The zero-order valence-electron chi connectivity index (χ0n) is 18.7. The number of anilines is 1. The number of amides is 1. The van der Waals surface area contributed by atoms with Crippen LogP contribution >= 0.6 is 0 Å². The van der Waals surface area contributed by atoms with Gasteiger partial charge in [0.2, 0.25) is 0 Å². The molecule has 1 aromatic heterocycles. The molecule has 3 rings (SSSR count). The Hall–Kier alpha value is -3.41. The summed E-state index contributed by atoms with van der Waals surface area (Å²) in [5.74, 6) is 0.290. The zero-order valence-corrected chi connectivity index (χ0v) is 18.7. The van der Waals surface area contributed by atoms with Crippen molar-refractivity contribution in [3.8, 4) is 11.3 Å². The van der Waals surface area contributed by atoms with E-state index < -0.39 is 0 Å². The van der Waals surface area contributed by atoms with Gasteiger partial charge >= 0.3 is 0 Å². The summed E-state index contributed by atoms with van der Waals surface area (Å²) in [5.41, 5.74) is 8.02. The van der Waals surface area contributed by atoms with Gasteiger partial charge in [0.15, 0.2) is 0 Å². The molecule has 0 radical (unpaired) electrons. The topological polar surface area (TPSA) is 73.4 Å². The van der Waals surface area contributed by atoms with E-state index in [1.54, 1.807) is 12.3 Å². The summed E-state index contributed by atoms with van der Waals surface area (Å²) in [4.78, 5) is 14.6. The van der Waals surface area contributed by atoms with E-state index in [2.05, 4.69) is 77.6 Å². The first-order valence-electron chi connectivity index (χ1n) is 10.8. The number of carbonyl (C=O) groups excluding carboxylic acids is 1. The predicted molar refractivity (Wildman–Crippen MR) is 128 cm³/mol. The van der Waals surface area contributed by atoms with E-state index >= 15 is 0 Å². The van der Waals surface area contributed by atoms with Gasteiger partial charge in [-0.15, -0.1) is 0 Å². The van der Waals surface area contributed by atoms with Crippen molar-refractivity contribution in [2.24, 2.45) is 11.0 Å². The lowest BCUT2D eigenvalue weighted by Gasteiger charge is -2.20. The minimum atomic E-state index is -0.328. The number of nitrogens with zero attached hydrogens (tertiary/aromatic N) is 3. The van der Waals surface area contributed by atoms with Gasteiger partial charge in [-0.25, -0.2) is 5.43 Å². The molecule has 0 aliphatic carbocycles. The second-order valence-electron chi connectivity index (χ2n) is 7.92. The monoisotopic (exact) mass is 417 g/mol. The number of hydrogen-bond donors (Lipinski definition) is 2. The lowest BCUT2D eigenvalue weighted by molar-refractivity contribution is 0.0950. The van der Waals surface area contributed by atoms with Gasteiger partial charge < -0.3 is 4.90 Å². The molecule has 0 aliphatic rings. The summed E-state index contributed by atoms with van der Waals surface area (Å²) in [6, 6.07) is 18.1. The SMILES string of the molecule is CCN(CC)c1ccc(/C=N\NC(=O)c2cc(-c3ccc(CC(C)C)cc3)n[nH]2)cc1. The molecular weight excluding hydrogens is 386 g/mol. The van der Waals surface area contributed by atoms with E-state index in [0.717, 1.165) is 36.3 Å². The molecule has 0 fully saturated rings. The number of aromatic amines is 1. The van der Waals surface area contributed by atoms with Crippen LogP contribution in [0, 0.1) is 5.92 Å². The van der Waals surface area contributed by atoms with Crippen molar-refractivity contribution >= 4 is 17.8 Å². The highest BCUT2D eigenvalue weighted by molar-refractivity contribution is 5.94. The van der Waals surface area contributed by atoms with Crippen LogP contribution in [0.4, 0.5) is 5.69 Å². The van der Waals surface area contributed by atoms with Crippen LogP contribution in [0.2, 0.25) is 0 Å². The second kappa shape index (κ2) is 10.6. The van der Waals surface area contributed by atoms with Crippen LogP contribution in [0.15, 0.2) is 59.7 Å². The summed E-state index contributed by atoms with van der Waals surface area (Å²) in [6.07, 6.45) is 2.68. The third kappa shape index (κ3) is 6.04. The smallest absolute Gasteiger partial charge is 0.289 e. The Morgan fingerprint density at radius 1 is 1.10 bits per heavy atom. The maximum atomic E-state index is 12.4. The third-order valence-corrected chi connectivity index (χ3v) is 5.12. The molecule has 1 amide bonds. The van der Waals surface area contributed by atoms with Gasteiger partial charge in [-0.1, -0.05) is 50.2 Å². The Balaban J connectivity index is 1.58. The summed E-state index contributed by atoms with van der Waals surface area (Å²) in [7, 11) is 0. The fraction of sp³-hybridized carbons (Fsp3) is 0.320. The van der Waals surface area contributed by atoms with Crippen molar-refractivity contribution in [2.75, 3.05) is 18.0 Å². The lowest BCUT2D eigenvalue weighted by atomic mass is 10.0. The van der Waals surface area contributed by atoms with Gasteiger partial charge in [0, 0.05) is 24.3 Å². The van der Waals surface area contributed by atoms with E-state index in [1.165, 1.54) is 11.3 Å². The molecule has 0 spiro atoms. The van der Waals surface area contributed by atoms with Crippen LogP contribution in [0.1, 0.15) is 49.3 Å². The standard InChI is InChI=1S/C25H31N5O/c1-5-30(6-2)22-13-9-20(10-14-22)17-26-29-25(31)24-16-23(27-28-24)21-11-7-19(8-12-21)15-18(3)4/h7-14,16-18H,5-6,15H2,1-4H3,(H,27,28)(H,29,31)/b26-17-. The maximum Gasteiger partial charge on any atom is 0.289 e. The first-order valence-corrected chi connectivity index (χ1v) is 10.8. The van der Waals surface area contributed by atoms with E-state index in [1.807, 2.05) is 24.3 Å². The molecule has 6 nitrogen and oxygen atoms in total. The maximum absolute atomic E-state index is 12.4. The van der Waals surface area contributed by atoms with E-state index in [-0.39, 0.29) is 5.91 Å². The summed E-state index contributed by atoms with van der Waals surface area (Å²) in [6.45, 7) is 10.6. The Morgan fingerprint density at radius 3 is 2.39 bits per heavy atom. The minimum Gasteiger partial charge on any atom is -0.372 e. The number of carbonyl (C=O) groups is 1. The van der Waals surface area contributed by atoms with E-state index in [0.29, 0.717) is 11.6 Å². The number of aromatic nitrogens is 2. The highest BCUT2D eigenvalue weighted by Gasteiger charge is 2.10. The molecule has 0 atom stereocenters.